The van der Waals surface area contributed by atoms with Gasteiger partial charge in [-0.05, 0) is 62.5 Å². The van der Waals surface area contributed by atoms with Crippen LogP contribution in [0.2, 0.25) is 0 Å². The molecule has 2 aromatic carbocycles. The Morgan fingerprint density at radius 3 is 2.07 bits per heavy atom. The number of esters is 2. The Hall–Kier alpha value is -5.31. The highest BCUT2D eigenvalue weighted by Gasteiger charge is 2.33. The van der Waals surface area contributed by atoms with Crippen LogP contribution >= 0.6 is 12.2 Å². The number of rotatable bonds is 5. The molecule has 2 aliphatic rings. The summed E-state index contributed by atoms with van der Waals surface area (Å²) >= 11 is 5.57. The fourth-order valence-corrected chi connectivity index (χ4v) is 5.17. The molecule has 3 aromatic rings. The smallest absolute Gasteiger partial charge is 0.337 e. The van der Waals surface area contributed by atoms with E-state index in [0.717, 1.165) is 11.4 Å². The van der Waals surface area contributed by atoms with E-state index in [1.807, 2.05) is 36.9 Å². The van der Waals surface area contributed by atoms with Gasteiger partial charge in [-0.2, -0.15) is 4.99 Å². The zero-order valence-electron chi connectivity index (χ0n) is 25.7. The van der Waals surface area contributed by atoms with Gasteiger partial charge in [0.25, 0.3) is 5.91 Å². The van der Waals surface area contributed by atoms with Crippen LogP contribution in [0.15, 0.2) is 53.5 Å². The van der Waals surface area contributed by atoms with Gasteiger partial charge in [-0.15, -0.1) is 0 Å². The second kappa shape index (κ2) is 14.2. The number of anilines is 2. The highest BCUT2D eigenvalue weighted by molar-refractivity contribution is 7.80. The number of hydrogen-bond acceptors (Lipinski definition) is 10. The summed E-state index contributed by atoms with van der Waals surface area (Å²) in [4.78, 5) is 55.0. The quantitative estimate of drug-likeness (QED) is 0.181. The average molecular weight is 648 g/mol. The number of para-hydroxylation sites is 2. The number of methoxy groups -OCH3 is 2. The number of nitrogens with one attached hydrogen (secondary N) is 2. The number of carbonyl (C=O) groups excluding carboxylic acids is 3. The first-order valence-electron chi connectivity index (χ1n) is 14.4. The number of carbonyl (C=O) groups is 3. The Kier molecular flexibility index (Phi) is 9.91. The SMILES string of the molecule is COC(=O)c1cc(NC(=S)/N=C(/Nc2nc(C)cc(C)n2)N2CCN(C(=O)C3COc4ccccc4O3)CC2)cc(C(=O)OC)c1. The lowest BCUT2D eigenvalue weighted by Crippen LogP contribution is -2.56. The Morgan fingerprint density at radius 2 is 1.46 bits per heavy atom. The van der Waals surface area contributed by atoms with E-state index in [9.17, 15) is 14.4 Å². The number of piperazine rings is 1. The number of aliphatic imine (C=N–C) groups is 1. The van der Waals surface area contributed by atoms with Crippen molar-refractivity contribution < 1.29 is 33.3 Å². The van der Waals surface area contributed by atoms with Gasteiger partial charge in [-0.1, -0.05) is 12.1 Å². The van der Waals surface area contributed by atoms with Crippen LogP contribution < -0.4 is 20.1 Å². The van der Waals surface area contributed by atoms with E-state index >= 15 is 0 Å². The van der Waals surface area contributed by atoms with Crippen molar-refractivity contribution in [3.05, 3.63) is 71.0 Å². The van der Waals surface area contributed by atoms with E-state index in [0.29, 0.717) is 55.3 Å². The van der Waals surface area contributed by atoms with Gasteiger partial charge in [-0.3, -0.25) is 10.1 Å². The molecule has 14 nitrogen and oxygen atoms in total. The second-order valence-corrected chi connectivity index (χ2v) is 10.8. The predicted molar refractivity (Wildman–Crippen MR) is 172 cm³/mol. The van der Waals surface area contributed by atoms with Crippen molar-refractivity contribution in [2.45, 2.75) is 20.0 Å². The molecule has 240 valence electrons. The van der Waals surface area contributed by atoms with Gasteiger partial charge in [0.2, 0.25) is 23.1 Å². The number of ether oxygens (including phenoxy) is 4. The standard InChI is InChI=1S/C31H33N7O7S/c1-18-13-19(2)33-29(32-18)35-30(36-31(46)34-22-15-20(27(40)42-3)14-21(16-22)28(41)43-4)38-11-9-37(10-12-38)26(39)25-17-44-23-7-5-6-8-24(23)45-25/h5-8,13-16,25H,9-12,17H2,1-4H3,(H2,32,33,34,35,36,46). The zero-order chi connectivity index (χ0) is 32.8. The average Bonchev–Trinajstić information content (AvgIpc) is 3.06. The Morgan fingerprint density at radius 1 is 0.870 bits per heavy atom. The van der Waals surface area contributed by atoms with Crippen molar-refractivity contribution >= 4 is 52.8 Å². The molecular weight excluding hydrogens is 614 g/mol. The van der Waals surface area contributed by atoms with Crippen molar-refractivity contribution in [3.8, 4) is 11.5 Å². The number of aromatic nitrogens is 2. The Bertz CT molecular complexity index is 1640. The molecular formula is C31H33N7O7S. The van der Waals surface area contributed by atoms with E-state index < -0.39 is 18.0 Å². The normalized spacial score (nSPS) is 15.9. The minimum absolute atomic E-state index is 0.0228. The van der Waals surface area contributed by atoms with E-state index in [2.05, 4.69) is 25.6 Å². The van der Waals surface area contributed by atoms with E-state index in [4.69, 9.17) is 31.2 Å². The zero-order valence-corrected chi connectivity index (χ0v) is 26.6. The molecule has 0 bridgehead atoms. The summed E-state index contributed by atoms with van der Waals surface area (Å²) in [6, 6.07) is 13.4. The van der Waals surface area contributed by atoms with Crippen molar-refractivity contribution in [1.29, 1.82) is 0 Å². The van der Waals surface area contributed by atoms with Gasteiger partial charge in [0, 0.05) is 43.3 Å². The van der Waals surface area contributed by atoms with E-state index in [1.54, 1.807) is 17.0 Å². The largest absolute Gasteiger partial charge is 0.485 e. The molecule has 1 atom stereocenters. The molecule has 1 aromatic heterocycles. The summed E-state index contributed by atoms with van der Waals surface area (Å²) in [7, 11) is 2.48. The van der Waals surface area contributed by atoms with Crippen LogP contribution in [0.4, 0.5) is 11.6 Å². The summed E-state index contributed by atoms with van der Waals surface area (Å²) < 4.78 is 21.3. The maximum absolute atomic E-state index is 13.3. The van der Waals surface area contributed by atoms with Crippen molar-refractivity contribution in [2.24, 2.45) is 4.99 Å². The minimum atomic E-state index is -0.746. The third-order valence-electron chi connectivity index (χ3n) is 7.11. The first-order valence-corrected chi connectivity index (χ1v) is 14.8. The minimum Gasteiger partial charge on any atom is -0.485 e. The maximum atomic E-state index is 13.3. The second-order valence-electron chi connectivity index (χ2n) is 10.4. The monoisotopic (exact) mass is 647 g/mol. The van der Waals surface area contributed by atoms with Crippen molar-refractivity contribution in [2.75, 3.05) is 57.6 Å². The third-order valence-corrected chi connectivity index (χ3v) is 7.31. The molecule has 15 heteroatoms. The van der Waals surface area contributed by atoms with Gasteiger partial charge < -0.3 is 34.1 Å². The van der Waals surface area contributed by atoms with Gasteiger partial charge in [0.1, 0.15) is 6.61 Å². The molecule has 1 saturated heterocycles. The summed E-state index contributed by atoms with van der Waals surface area (Å²) in [6.07, 6.45) is -0.746. The molecule has 2 aliphatic heterocycles. The lowest BCUT2D eigenvalue weighted by molar-refractivity contribution is -0.142. The van der Waals surface area contributed by atoms with E-state index in [1.165, 1.54) is 32.4 Å². The van der Waals surface area contributed by atoms with Gasteiger partial charge in [-0.25, -0.2) is 19.6 Å². The fraction of sp³-hybridized carbons (Fsp3) is 0.323. The maximum Gasteiger partial charge on any atom is 0.337 e. The Balaban J connectivity index is 1.34. The number of fused-ring (bicyclic) bond motifs is 1. The molecule has 3 heterocycles. The summed E-state index contributed by atoms with van der Waals surface area (Å²) in [5, 5.41) is 6.16. The molecule has 1 amide bonds. The predicted octanol–water partition coefficient (Wildman–Crippen LogP) is 2.82. The van der Waals surface area contributed by atoms with Crippen molar-refractivity contribution in [3.63, 3.8) is 0 Å². The van der Waals surface area contributed by atoms with Crippen LogP contribution in [0, 0.1) is 13.8 Å². The molecule has 46 heavy (non-hydrogen) atoms. The molecule has 2 N–H and O–H groups in total. The van der Waals surface area contributed by atoms with Crippen LogP contribution in [0.25, 0.3) is 0 Å². The summed E-state index contributed by atoms with van der Waals surface area (Å²) in [6.45, 7) is 5.45. The fourth-order valence-electron chi connectivity index (χ4n) is 4.96. The molecule has 0 spiro atoms. The molecule has 0 radical (unpaired) electrons. The lowest BCUT2D eigenvalue weighted by Gasteiger charge is -2.38. The van der Waals surface area contributed by atoms with Gasteiger partial charge in [0.05, 0.1) is 25.3 Å². The number of hydrogen-bond donors (Lipinski definition) is 2. The molecule has 0 saturated carbocycles. The number of aryl methyl sites for hydroxylation is 2. The summed E-state index contributed by atoms with van der Waals surface area (Å²) in [5.41, 5.74) is 2.09. The first kappa shape index (κ1) is 32.1. The number of thiocarbonyl (C=S) groups is 1. The number of amides is 1. The van der Waals surface area contributed by atoms with Crippen LogP contribution in [0.5, 0.6) is 11.5 Å². The molecule has 1 unspecified atom stereocenters. The van der Waals surface area contributed by atoms with Crippen LogP contribution in [-0.4, -0.2) is 102 Å². The first-order chi connectivity index (χ1) is 22.1. The number of guanidine groups is 1. The highest BCUT2D eigenvalue weighted by Crippen LogP contribution is 2.31. The van der Waals surface area contributed by atoms with Crippen molar-refractivity contribution in [1.82, 2.24) is 19.8 Å². The third kappa shape index (κ3) is 7.66. The molecule has 1 fully saturated rings. The van der Waals surface area contributed by atoms with Gasteiger partial charge >= 0.3 is 11.9 Å². The lowest BCUT2D eigenvalue weighted by atomic mass is 10.1. The molecule has 0 aliphatic carbocycles. The van der Waals surface area contributed by atoms with Crippen LogP contribution in [0.1, 0.15) is 32.1 Å². The Labute approximate surface area is 270 Å². The van der Waals surface area contributed by atoms with E-state index in [-0.39, 0.29) is 28.8 Å². The summed E-state index contributed by atoms with van der Waals surface area (Å²) in [5.74, 6) is 0.374. The number of nitrogens with zero attached hydrogens (tertiary/aromatic N) is 5. The molecule has 5 rings (SSSR count). The van der Waals surface area contributed by atoms with Gasteiger partial charge in [0.15, 0.2) is 11.5 Å². The topological polar surface area (TPSA) is 157 Å². The number of benzene rings is 2. The van der Waals surface area contributed by atoms with Crippen LogP contribution in [-0.2, 0) is 14.3 Å². The van der Waals surface area contributed by atoms with Crippen LogP contribution in [0.3, 0.4) is 0 Å². The highest BCUT2D eigenvalue weighted by atomic mass is 32.1.